The van der Waals surface area contributed by atoms with Crippen molar-refractivity contribution in [2.45, 2.75) is 38.2 Å². The molecule has 0 aliphatic heterocycles. The zero-order chi connectivity index (χ0) is 25.7. The van der Waals surface area contributed by atoms with Crippen molar-refractivity contribution < 1.29 is 23.3 Å². The standard InChI is InChI=1S/C28H25Cl2FN2O3/c1-3-6-26(34)32-33(2)27-23-8-5-4-7-20(23)15-16-28(27,35-18-19-9-12-22(31)13-10-19)36-25-14-11-21(29)17-24(25)30/h4-5,7-17,27H,2-3,6,18H2,1H3/p+1. The minimum absolute atomic E-state index is 0.0885. The minimum atomic E-state index is -1.47. The van der Waals surface area contributed by atoms with Gasteiger partial charge in [-0.05, 0) is 54.0 Å². The number of carbonyl (C=O) groups is 1. The predicted molar refractivity (Wildman–Crippen MR) is 140 cm³/mol. The summed E-state index contributed by atoms with van der Waals surface area (Å²) in [6.45, 7) is 6.14. The average Bonchev–Trinajstić information content (AvgIpc) is 2.85. The minimum Gasteiger partial charge on any atom is -0.450 e. The Morgan fingerprint density at radius 2 is 1.89 bits per heavy atom. The van der Waals surface area contributed by atoms with E-state index in [2.05, 4.69) is 12.1 Å². The maximum atomic E-state index is 13.5. The van der Waals surface area contributed by atoms with Gasteiger partial charge >= 0.3 is 5.79 Å². The molecule has 0 spiro atoms. The number of hydrogen-bond acceptors (Lipinski definition) is 3. The van der Waals surface area contributed by atoms with Crippen molar-refractivity contribution in [3.8, 4) is 5.75 Å². The van der Waals surface area contributed by atoms with Crippen LogP contribution in [-0.4, -0.2) is 23.1 Å². The summed E-state index contributed by atoms with van der Waals surface area (Å²) < 4.78 is 27.9. The molecule has 5 nitrogen and oxygen atoms in total. The molecule has 2 atom stereocenters. The number of rotatable bonds is 9. The number of hydrazine groups is 1. The van der Waals surface area contributed by atoms with Crippen LogP contribution in [0.5, 0.6) is 5.75 Å². The molecule has 0 heterocycles. The highest BCUT2D eigenvalue weighted by molar-refractivity contribution is 6.35. The zero-order valence-electron chi connectivity index (χ0n) is 19.7. The molecule has 1 aliphatic rings. The third-order valence-electron chi connectivity index (χ3n) is 5.77. The van der Waals surface area contributed by atoms with Gasteiger partial charge in [0, 0.05) is 17.0 Å². The van der Waals surface area contributed by atoms with E-state index in [9.17, 15) is 9.18 Å². The molecule has 0 bridgehead atoms. The fourth-order valence-electron chi connectivity index (χ4n) is 4.07. The third kappa shape index (κ3) is 5.78. The van der Waals surface area contributed by atoms with E-state index in [-0.39, 0.29) is 18.3 Å². The predicted octanol–water partition coefficient (Wildman–Crippen LogP) is 6.74. The lowest BCUT2D eigenvalue weighted by Gasteiger charge is -2.38. The van der Waals surface area contributed by atoms with Gasteiger partial charge in [0.2, 0.25) is 0 Å². The average molecular weight is 528 g/mol. The van der Waals surface area contributed by atoms with Crippen molar-refractivity contribution >= 4 is 41.9 Å². The number of nitrogens with zero attached hydrogens (tertiary/aromatic N) is 1. The molecule has 2 unspecified atom stereocenters. The van der Waals surface area contributed by atoms with Gasteiger partial charge in [0.05, 0.1) is 11.6 Å². The van der Waals surface area contributed by atoms with Crippen molar-refractivity contribution in [2.24, 2.45) is 0 Å². The molecule has 0 saturated carbocycles. The Morgan fingerprint density at radius 3 is 2.61 bits per heavy atom. The van der Waals surface area contributed by atoms with Crippen LogP contribution in [0.1, 0.15) is 42.5 Å². The van der Waals surface area contributed by atoms with Gasteiger partial charge in [-0.2, -0.15) is 0 Å². The first-order valence-electron chi connectivity index (χ1n) is 11.5. The first-order chi connectivity index (χ1) is 17.3. The van der Waals surface area contributed by atoms with Crippen LogP contribution in [0, 0.1) is 5.82 Å². The Labute approximate surface area is 219 Å². The van der Waals surface area contributed by atoms with Gasteiger partial charge < -0.3 is 9.47 Å². The molecule has 0 saturated heterocycles. The Hall–Kier alpha value is -3.19. The molecule has 4 rings (SSSR count). The fraction of sp³-hybridized carbons (Fsp3) is 0.214. The number of amides is 1. The summed E-state index contributed by atoms with van der Waals surface area (Å²) in [6, 6.07) is 17.9. The number of ether oxygens (including phenoxy) is 2. The number of halogens is 3. The fourth-order valence-corrected chi connectivity index (χ4v) is 4.52. The summed E-state index contributed by atoms with van der Waals surface area (Å²) in [5.41, 5.74) is 5.33. The molecular formula is C28H26Cl2FN2O3+. The van der Waals surface area contributed by atoms with E-state index in [4.69, 9.17) is 32.7 Å². The van der Waals surface area contributed by atoms with Gasteiger partial charge in [-0.25, -0.2) is 4.39 Å². The lowest BCUT2D eigenvalue weighted by Crippen LogP contribution is -2.53. The van der Waals surface area contributed by atoms with Crippen LogP contribution in [0.25, 0.3) is 6.08 Å². The monoisotopic (exact) mass is 527 g/mol. The Kier molecular flexibility index (Phi) is 8.09. The topological polar surface area (TPSA) is 50.6 Å². The zero-order valence-corrected chi connectivity index (χ0v) is 21.2. The molecule has 8 heteroatoms. The lowest BCUT2D eigenvalue weighted by atomic mass is 9.88. The summed E-state index contributed by atoms with van der Waals surface area (Å²) in [5.74, 6) is -1.66. The van der Waals surface area contributed by atoms with E-state index in [0.717, 1.165) is 16.7 Å². The summed E-state index contributed by atoms with van der Waals surface area (Å²) in [6.07, 6.45) is 4.69. The van der Waals surface area contributed by atoms with E-state index in [1.807, 2.05) is 37.3 Å². The second-order valence-electron chi connectivity index (χ2n) is 8.43. The molecule has 36 heavy (non-hydrogen) atoms. The summed E-state index contributed by atoms with van der Waals surface area (Å²) >= 11 is 12.6. The van der Waals surface area contributed by atoms with Crippen LogP contribution in [0.2, 0.25) is 10.0 Å². The van der Waals surface area contributed by atoms with Crippen molar-refractivity contribution in [3.63, 3.8) is 0 Å². The number of benzene rings is 3. The van der Waals surface area contributed by atoms with Gasteiger partial charge in [-0.15, -0.1) is 10.1 Å². The van der Waals surface area contributed by atoms with E-state index >= 15 is 0 Å². The number of fused-ring (bicyclic) bond motifs is 1. The lowest BCUT2D eigenvalue weighted by molar-refractivity contribution is -0.634. The number of hydrazone groups is 1. The summed E-state index contributed by atoms with van der Waals surface area (Å²) in [7, 11) is 0. The van der Waals surface area contributed by atoms with Gasteiger partial charge in [-0.1, -0.05) is 72.6 Å². The molecule has 0 radical (unpaired) electrons. The van der Waals surface area contributed by atoms with Gasteiger partial charge in [0.1, 0.15) is 11.6 Å². The largest absolute Gasteiger partial charge is 0.450 e. The van der Waals surface area contributed by atoms with E-state index in [1.165, 1.54) is 16.8 Å². The highest BCUT2D eigenvalue weighted by Crippen LogP contribution is 2.43. The molecule has 3 aromatic carbocycles. The Balaban J connectivity index is 1.79. The number of nitrogens with one attached hydrogen (secondary N) is 1. The second kappa shape index (κ2) is 11.2. The normalized spacial score (nSPS) is 18.4. The highest BCUT2D eigenvalue weighted by Gasteiger charge is 2.52. The van der Waals surface area contributed by atoms with Crippen LogP contribution in [0.15, 0.2) is 72.8 Å². The summed E-state index contributed by atoms with van der Waals surface area (Å²) in [4.78, 5) is 12.5. The molecular weight excluding hydrogens is 502 g/mol. The van der Waals surface area contributed by atoms with Crippen LogP contribution in [0.3, 0.4) is 0 Å². The van der Waals surface area contributed by atoms with E-state index in [1.54, 1.807) is 36.4 Å². The second-order valence-corrected chi connectivity index (χ2v) is 9.28. The summed E-state index contributed by atoms with van der Waals surface area (Å²) in [5, 5.41) is 0.754. The van der Waals surface area contributed by atoms with Crippen molar-refractivity contribution in [1.82, 2.24) is 5.43 Å². The molecule has 3 aromatic rings. The number of carbonyl (C=O) groups excluding carboxylic acids is 1. The van der Waals surface area contributed by atoms with Crippen LogP contribution in [0.4, 0.5) is 4.39 Å². The van der Waals surface area contributed by atoms with Crippen molar-refractivity contribution in [3.05, 3.63) is 105 Å². The van der Waals surface area contributed by atoms with Crippen LogP contribution >= 0.6 is 23.2 Å². The number of hydrogen-bond donors (Lipinski definition) is 1. The molecule has 1 aliphatic carbocycles. The van der Waals surface area contributed by atoms with Crippen LogP contribution in [-0.2, 0) is 16.1 Å². The molecule has 0 aromatic heterocycles. The van der Waals surface area contributed by atoms with Crippen molar-refractivity contribution in [1.29, 1.82) is 0 Å². The molecule has 186 valence electrons. The van der Waals surface area contributed by atoms with Gasteiger partial charge in [-0.3, -0.25) is 4.79 Å². The Bertz CT molecular complexity index is 1300. The quantitative estimate of drug-likeness (QED) is 0.145. The third-order valence-corrected chi connectivity index (χ3v) is 6.30. The van der Waals surface area contributed by atoms with Crippen LogP contribution < -0.4 is 10.2 Å². The maximum Gasteiger partial charge on any atom is 0.301 e. The van der Waals surface area contributed by atoms with E-state index in [0.29, 0.717) is 28.6 Å². The molecule has 0 fully saturated rings. The van der Waals surface area contributed by atoms with E-state index < -0.39 is 11.8 Å². The van der Waals surface area contributed by atoms with Gasteiger partial charge in [0.15, 0.2) is 6.72 Å². The molecule has 1 N–H and O–H groups in total. The van der Waals surface area contributed by atoms with Crippen molar-refractivity contribution in [2.75, 3.05) is 0 Å². The smallest absolute Gasteiger partial charge is 0.301 e. The maximum absolute atomic E-state index is 13.5. The Morgan fingerprint density at radius 1 is 1.14 bits per heavy atom. The van der Waals surface area contributed by atoms with Gasteiger partial charge in [0.25, 0.3) is 11.9 Å². The first-order valence-corrected chi connectivity index (χ1v) is 12.3. The highest BCUT2D eigenvalue weighted by atomic mass is 35.5. The SMILES string of the molecule is C=[N+](NC(=O)CCC)C1c2ccccc2C=CC1(OCc1ccc(F)cc1)Oc1ccc(Cl)cc1Cl. The first kappa shape index (κ1) is 25.9. The molecule has 1 amide bonds.